The van der Waals surface area contributed by atoms with Crippen molar-refractivity contribution in [3.05, 3.63) is 85.9 Å². The van der Waals surface area contributed by atoms with Crippen molar-refractivity contribution in [2.45, 2.75) is 17.4 Å². The first-order valence-corrected chi connectivity index (χ1v) is 14.2. The third kappa shape index (κ3) is 8.29. The number of sulfonamides is 1. The zero-order valence-corrected chi connectivity index (χ0v) is 24.2. The number of hydrogen-bond acceptors (Lipinski definition) is 6. The van der Waals surface area contributed by atoms with Crippen molar-refractivity contribution in [3.8, 4) is 23.8 Å². The van der Waals surface area contributed by atoms with Crippen LogP contribution in [0.25, 0.3) is 0 Å². The summed E-state index contributed by atoms with van der Waals surface area (Å²) in [5.74, 6) is 2.52. The number of methoxy groups -OCH3 is 1. The van der Waals surface area contributed by atoms with Gasteiger partial charge in [-0.05, 0) is 71.0 Å². The molecule has 1 amide bonds. The molecule has 0 heterocycles. The summed E-state index contributed by atoms with van der Waals surface area (Å²) >= 11 is 5.48. The van der Waals surface area contributed by atoms with Crippen LogP contribution in [-0.4, -0.2) is 40.3 Å². The van der Waals surface area contributed by atoms with E-state index >= 15 is 0 Å². The number of halogens is 2. The van der Waals surface area contributed by atoms with Crippen molar-refractivity contribution < 1.29 is 22.7 Å². The van der Waals surface area contributed by atoms with Gasteiger partial charge in [-0.1, -0.05) is 52.2 Å². The van der Waals surface area contributed by atoms with Gasteiger partial charge in [0.15, 0.2) is 11.5 Å². The van der Waals surface area contributed by atoms with Gasteiger partial charge in [-0.25, -0.2) is 13.8 Å². The molecule has 0 aromatic heterocycles. The first-order chi connectivity index (χ1) is 17.7. The van der Waals surface area contributed by atoms with E-state index in [1.54, 1.807) is 24.3 Å². The van der Waals surface area contributed by atoms with Crippen LogP contribution in [-0.2, 0) is 21.2 Å². The Hall–Kier alpha value is -2.92. The first-order valence-electron chi connectivity index (χ1n) is 10.8. The van der Waals surface area contributed by atoms with Crippen molar-refractivity contribution in [2.24, 2.45) is 5.10 Å². The van der Waals surface area contributed by atoms with E-state index in [1.165, 1.54) is 25.5 Å². The zero-order valence-electron chi connectivity index (χ0n) is 19.6. The molecule has 37 heavy (non-hydrogen) atoms. The highest BCUT2D eigenvalue weighted by atomic mass is 127. The number of hydrogen-bond donors (Lipinski definition) is 2. The van der Waals surface area contributed by atoms with Crippen LogP contribution in [0.5, 0.6) is 11.5 Å². The SMILES string of the molecule is C#CCOc1c(/C=N\NC(=O)[C@@H](Cc2ccccc2)NS(=O)(=O)c2ccc(I)cc2)cc(Br)cc1OC. The monoisotopic (exact) mass is 695 g/mol. The third-order valence-corrected chi connectivity index (χ3v) is 7.63. The second-order valence-corrected chi connectivity index (χ2v) is 11.4. The largest absolute Gasteiger partial charge is 0.493 e. The molecule has 0 aliphatic rings. The minimum atomic E-state index is -3.98. The molecular formula is C26H23BrIN3O5S. The maximum Gasteiger partial charge on any atom is 0.258 e. The van der Waals surface area contributed by atoms with Crippen LogP contribution < -0.4 is 19.6 Å². The minimum Gasteiger partial charge on any atom is -0.493 e. The molecule has 0 saturated heterocycles. The summed E-state index contributed by atoms with van der Waals surface area (Å²) in [6.45, 7) is 0.00462. The molecule has 3 aromatic carbocycles. The van der Waals surface area contributed by atoms with Gasteiger partial charge in [0.1, 0.15) is 12.6 Å². The van der Waals surface area contributed by atoms with Gasteiger partial charge in [0.05, 0.1) is 18.2 Å². The Morgan fingerprint density at radius 2 is 1.89 bits per heavy atom. The highest BCUT2D eigenvalue weighted by molar-refractivity contribution is 14.1. The predicted molar refractivity (Wildman–Crippen MR) is 154 cm³/mol. The van der Waals surface area contributed by atoms with E-state index in [1.807, 2.05) is 30.3 Å². The molecule has 2 N–H and O–H groups in total. The van der Waals surface area contributed by atoms with E-state index in [2.05, 4.69) is 59.7 Å². The molecule has 0 bridgehead atoms. The van der Waals surface area contributed by atoms with E-state index in [0.717, 1.165) is 9.13 Å². The molecule has 0 aliphatic heterocycles. The van der Waals surface area contributed by atoms with Crippen LogP contribution in [0.4, 0.5) is 0 Å². The molecule has 0 aliphatic carbocycles. The number of ether oxygens (including phenoxy) is 2. The molecule has 0 radical (unpaired) electrons. The van der Waals surface area contributed by atoms with Crippen LogP contribution in [0.1, 0.15) is 11.1 Å². The van der Waals surface area contributed by atoms with Gasteiger partial charge in [-0.3, -0.25) is 4.79 Å². The molecule has 0 saturated carbocycles. The molecule has 3 aromatic rings. The van der Waals surface area contributed by atoms with Crippen molar-refractivity contribution in [2.75, 3.05) is 13.7 Å². The molecule has 0 unspecified atom stereocenters. The Balaban J connectivity index is 1.84. The number of nitrogens with zero attached hydrogens (tertiary/aromatic N) is 1. The van der Waals surface area contributed by atoms with Gasteiger partial charge in [-0.15, -0.1) is 6.42 Å². The number of hydrazone groups is 1. The molecule has 0 fully saturated rings. The number of nitrogens with one attached hydrogen (secondary N) is 2. The van der Waals surface area contributed by atoms with Crippen LogP contribution >= 0.6 is 38.5 Å². The number of terminal acetylenes is 1. The van der Waals surface area contributed by atoms with Crippen LogP contribution in [0.15, 0.2) is 81.2 Å². The minimum absolute atomic E-state index is 0.00462. The molecular weight excluding hydrogens is 673 g/mol. The van der Waals surface area contributed by atoms with Crippen molar-refractivity contribution in [3.63, 3.8) is 0 Å². The number of rotatable bonds is 11. The highest BCUT2D eigenvalue weighted by Gasteiger charge is 2.26. The Kier molecular flexibility index (Phi) is 10.5. The lowest BCUT2D eigenvalue weighted by Crippen LogP contribution is -2.46. The maximum atomic E-state index is 13.1. The Morgan fingerprint density at radius 1 is 1.19 bits per heavy atom. The summed E-state index contributed by atoms with van der Waals surface area (Å²) in [7, 11) is -2.49. The van der Waals surface area contributed by atoms with Gasteiger partial charge < -0.3 is 9.47 Å². The number of carbonyl (C=O) groups is 1. The first kappa shape index (κ1) is 28.6. The quantitative estimate of drug-likeness (QED) is 0.136. The van der Waals surface area contributed by atoms with E-state index in [-0.39, 0.29) is 17.9 Å². The summed E-state index contributed by atoms with van der Waals surface area (Å²) < 4.78 is 41.1. The lowest BCUT2D eigenvalue weighted by atomic mass is 10.1. The molecule has 0 spiro atoms. The predicted octanol–water partition coefficient (Wildman–Crippen LogP) is 4.11. The lowest BCUT2D eigenvalue weighted by Gasteiger charge is -2.17. The summed E-state index contributed by atoms with van der Waals surface area (Å²) in [6.07, 6.45) is 6.80. The topological polar surface area (TPSA) is 106 Å². The standard InChI is InChI=1S/C26H23BrIN3O5S/c1-3-13-36-25-19(15-20(27)16-24(25)35-2)17-29-30-26(32)23(14-18-7-5-4-6-8-18)31-37(33,34)22-11-9-21(28)10-12-22/h1,4-12,15-17,23,31H,13-14H2,2H3,(H,30,32)/b29-17-/t23-/m1/s1. The highest BCUT2D eigenvalue weighted by Crippen LogP contribution is 2.34. The molecule has 11 heteroatoms. The van der Waals surface area contributed by atoms with Crippen LogP contribution in [0.2, 0.25) is 0 Å². The maximum absolute atomic E-state index is 13.1. The number of amides is 1. The van der Waals surface area contributed by atoms with E-state index < -0.39 is 22.0 Å². The number of carbonyl (C=O) groups excluding carboxylic acids is 1. The van der Waals surface area contributed by atoms with Crippen molar-refractivity contribution in [1.82, 2.24) is 10.1 Å². The van der Waals surface area contributed by atoms with Gasteiger partial charge in [0, 0.05) is 13.6 Å². The van der Waals surface area contributed by atoms with E-state index in [0.29, 0.717) is 21.5 Å². The van der Waals surface area contributed by atoms with Crippen LogP contribution in [0.3, 0.4) is 0 Å². The zero-order chi connectivity index (χ0) is 26.8. The third-order valence-electron chi connectivity index (χ3n) is 4.97. The second kappa shape index (κ2) is 13.6. The molecule has 3 rings (SSSR count). The second-order valence-electron chi connectivity index (χ2n) is 7.57. The molecule has 1 atom stereocenters. The van der Waals surface area contributed by atoms with Crippen LogP contribution in [0, 0.1) is 15.9 Å². The number of benzene rings is 3. The van der Waals surface area contributed by atoms with Gasteiger partial charge in [0.25, 0.3) is 5.91 Å². The average molecular weight is 696 g/mol. The van der Waals surface area contributed by atoms with Crippen molar-refractivity contribution >= 4 is 60.7 Å². The normalized spacial score (nSPS) is 12.1. The fraction of sp³-hybridized carbons (Fsp3) is 0.154. The Labute approximate surface area is 238 Å². The lowest BCUT2D eigenvalue weighted by molar-refractivity contribution is -0.122. The van der Waals surface area contributed by atoms with Gasteiger partial charge in [0.2, 0.25) is 10.0 Å². The fourth-order valence-corrected chi connectivity index (χ4v) is 5.26. The summed E-state index contributed by atoms with van der Waals surface area (Å²) in [5.41, 5.74) is 3.69. The Morgan fingerprint density at radius 3 is 2.54 bits per heavy atom. The summed E-state index contributed by atoms with van der Waals surface area (Å²) in [6, 6.07) is 17.7. The van der Waals surface area contributed by atoms with Gasteiger partial charge >= 0.3 is 0 Å². The average Bonchev–Trinajstić information content (AvgIpc) is 2.88. The summed E-state index contributed by atoms with van der Waals surface area (Å²) in [4.78, 5) is 13.2. The summed E-state index contributed by atoms with van der Waals surface area (Å²) in [5, 5.41) is 4.04. The molecule has 192 valence electrons. The van der Waals surface area contributed by atoms with Gasteiger partial charge in [-0.2, -0.15) is 9.82 Å². The van der Waals surface area contributed by atoms with E-state index in [9.17, 15) is 13.2 Å². The van der Waals surface area contributed by atoms with Crippen molar-refractivity contribution in [1.29, 1.82) is 0 Å². The fourth-order valence-electron chi connectivity index (χ4n) is 3.25. The van der Waals surface area contributed by atoms with E-state index in [4.69, 9.17) is 15.9 Å². The molecule has 8 nitrogen and oxygen atoms in total. The Bertz CT molecular complexity index is 1410. The smallest absolute Gasteiger partial charge is 0.258 e.